The fraction of sp³-hybridized carbons (Fsp3) is 0.111. The molecule has 2 aromatic rings. The molecule has 0 spiro atoms. The van der Waals surface area contributed by atoms with Crippen molar-refractivity contribution in [1.29, 1.82) is 0 Å². The van der Waals surface area contributed by atoms with Crippen molar-refractivity contribution in [3.63, 3.8) is 0 Å². The van der Waals surface area contributed by atoms with Crippen LogP contribution in [0, 0.1) is 5.82 Å². The summed E-state index contributed by atoms with van der Waals surface area (Å²) in [5.41, 5.74) is -0.516. The minimum absolute atomic E-state index is 0.0285. The van der Waals surface area contributed by atoms with Gasteiger partial charge in [-0.2, -0.15) is 4.68 Å². The first-order chi connectivity index (χ1) is 8.15. The Morgan fingerprint density at radius 2 is 2.29 bits per heavy atom. The summed E-state index contributed by atoms with van der Waals surface area (Å²) >= 11 is 0. The van der Waals surface area contributed by atoms with E-state index in [9.17, 15) is 9.18 Å². The summed E-state index contributed by atoms with van der Waals surface area (Å²) in [5.74, 6) is -2.54. The fourth-order valence-electron chi connectivity index (χ4n) is 1.37. The first-order valence-corrected chi connectivity index (χ1v) is 4.48. The number of aromatic nitrogens is 4. The molecular formula is C9H7FN4O3. The quantitative estimate of drug-likeness (QED) is 0.837. The number of halogens is 1. The van der Waals surface area contributed by atoms with Crippen LogP contribution in [0.3, 0.4) is 0 Å². The van der Waals surface area contributed by atoms with Crippen LogP contribution in [0.15, 0.2) is 18.5 Å². The zero-order valence-corrected chi connectivity index (χ0v) is 8.66. The Morgan fingerprint density at radius 1 is 1.53 bits per heavy atom. The first kappa shape index (κ1) is 11.0. The third-order valence-corrected chi connectivity index (χ3v) is 2.11. The second-order valence-corrected chi connectivity index (χ2v) is 3.04. The average molecular weight is 238 g/mol. The highest BCUT2D eigenvalue weighted by atomic mass is 19.1. The highest BCUT2D eigenvalue weighted by Gasteiger charge is 2.21. The number of ether oxygens (including phenoxy) is 1. The van der Waals surface area contributed by atoms with Crippen LogP contribution < -0.4 is 4.74 Å². The number of benzene rings is 1. The average Bonchev–Trinajstić information content (AvgIpc) is 2.81. The van der Waals surface area contributed by atoms with Crippen molar-refractivity contribution in [2.45, 2.75) is 0 Å². The molecule has 0 aliphatic rings. The molecule has 88 valence electrons. The number of aromatic carboxylic acids is 1. The maximum atomic E-state index is 13.8. The predicted octanol–water partition coefficient (Wildman–Crippen LogP) is 0.508. The molecule has 0 radical (unpaired) electrons. The standard InChI is InChI=1S/C9H7FN4O3/c1-17-6-3-2-5(14-4-11-12-13-14)7(8(6)10)9(15)16/h2-4H,1H3,(H,15,16). The van der Waals surface area contributed by atoms with Crippen LogP contribution >= 0.6 is 0 Å². The van der Waals surface area contributed by atoms with Gasteiger partial charge in [-0.05, 0) is 22.6 Å². The van der Waals surface area contributed by atoms with Crippen molar-refractivity contribution in [2.75, 3.05) is 7.11 Å². The summed E-state index contributed by atoms with van der Waals surface area (Å²) in [7, 11) is 1.25. The zero-order valence-electron chi connectivity index (χ0n) is 8.66. The van der Waals surface area contributed by atoms with Gasteiger partial charge in [0, 0.05) is 0 Å². The first-order valence-electron chi connectivity index (χ1n) is 4.48. The molecule has 0 amide bonds. The molecule has 2 rings (SSSR count). The molecule has 0 saturated heterocycles. The highest BCUT2D eigenvalue weighted by molar-refractivity contribution is 5.92. The minimum Gasteiger partial charge on any atom is -0.494 e. The highest BCUT2D eigenvalue weighted by Crippen LogP contribution is 2.25. The summed E-state index contributed by atoms with van der Waals surface area (Å²) in [4.78, 5) is 11.0. The van der Waals surface area contributed by atoms with Crippen LogP contribution in [0.4, 0.5) is 4.39 Å². The summed E-state index contributed by atoms with van der Waals surface area (Å²) in [5, 5.41) is 19.2. The van der Waals surface area contributed by atoms with Gasteiger partial charge in [-0.15, -0.1) is 5.10 Å². The van der Waals surface area contributed by atoms with Gasteiger partial charge in [-0.1, -0.05) is 0 Å². The summed E-state index contributed by atoms with van der Waals surface area (Å²) in [6, 6.07) is 2.67. The van der Waals surface area contributed by atoms with E-state index < -0.39 is 17.3 Å². The molecule has 8 heteroatoms. The molecule has 1 N–H and O–H groups in total. The number of tetrazole rings is 1. The topological polar surface area (TPSA) is 90.1 Å². The Hall–Kier alpha value is -2.51. The molecule has 1 aromatic carbocycles. The van der Waals surface area contributed by atoms with Crippen molar-refractivity contribution < 1.29 is 19.0 Å². The van der Waals surface area contributed by atoms with Crippen molar-refractivity contribution in [2.24, 2.45) is 0 Å². The van der Waals surface area contributed by atoms with Crippen molar-refractivity contribution >= 4 is 5.97 Å². The molecule has 0 fully saturated rings. The molecule has 0 unspecified atom stereocenters. The molecule has 0 saturated carbocycles. The van der Waals surface area contributed by atoms with Gasteiger partial charge in [-0.3, -0.25) is 0 Å². The van der Waals surface area contributed by atoms with E-state index in [-0.39, 0.29) is 11.4 Å². The van der Waals surface area contributed by atoms with Gasteiger partial charge in [0.2, 0.25) is 0 Å². The van der Waals surface area contributed by atoms with E-state index in [4.69, 9.17) is 9.84 Å². The van der Waals surface area contributed by atoms with Gasteiger partial charge in [0.1, 0.15) is 11.9 Å². The molecule has 0 aliphatic heterocycles. The Kier molecular flexibility index (Phi) is 2.69. The van der Waals surface area contributed by atoms with Crippen LogP contribution in [-0.2, 0) is 0 Å². The van der Waals surface area contributed by atoms with E-state index in [1.165, 1.54) is 25.6 Å². The van der Waals surface area contributed by atoms with Crippen molar-refractivity contribution in [3.8, 4) is 11.4 Å². The second kappa shape index (κ2) is 4.16. The van der Waals surface area contributed by atoms with Gasteiger partial charge >= 0.3 is 5.97 Å². The van der Waals surface area contributed by atoms with E-state index in [1.807, 2.05) is 0 Å². The molecule has 17 heavy (non-hydrogen) atoms. The number of nitrogens with zero attached hydrogens (tertiary/aromatic N) is 4. The molecule has 0 aliphatic carbocycles. The van der Waals surface area contributed by atoms with Crippen LogP contribution in [0.25, 0.3) is 5.69 Å². The smallest absolute Gasteiger partial charge is 0.341 e. The molecule has 0 bridgehead atoms. The Labute approximate surface area is 94.4 Å². The Bertz CT molecular complexity index is 556. The van der Waals surface area contributed by atoms with Crippen LogP contribution in [0.1, 0.15) is 10.4 Å². The molecule has 1 heterocycles. The van der Waals surface area contributed by atoms with Crippen molar-refractivity contribution in [3.05, 3.63) is 29.8 Å². The summed E-state index contributed by atoms with van der Waals surface area (Å²) in [6.07, 6.45) is 1.17. The van der Waals surface area contributed by atoms with E-state index in [0.29, 0.717) is 0 Å². The third kappa shape index (κ3) is 1.80. The molecule has 1 aromatic heterocycles. The summed E-state index contributed by atoms with van der Waals surface area (Å²) < 4.78 is 19.6. The van der Waals surface area contributed by atoms with Crippen LogP contribution in [0.5, 0.6) is 5.75 Å². The van der Waals surface area contributed by atoms with E-state index >= 15 is 0 Å². The lowest BCUT2D eigenvalue weighted by atomic mass is 10.1. The normalized spacial score (nSPS) is 10.2. The zero-order chi connectivity index (χ0) is 12.4. The van der Waals surface area contributed by atoms with E-state index in [2.05, 4.69) is 15.5 Å². The number of carbonyl (C=O) groups is 1. The van der Waals surface area contributed by atoms with Gasteiger partial charge in [0.25, 0.3) is 0 Å². The molecule has 7 nitrogen and oxygen atoms in total. The lowest BCUT2D eigenvalue weighted by molar-refractivity contribution is 0.0691. The monoisotopic (exact) mass is 238 g/mol. The van der Waals surface area contributed by atoms with Gasteiger partial charge < -0.3 is 9.84 Å². The van der Waals surface area contributed by atoms with E-state index in [0.717, 1.165) is 4.68 Å². The number of hydrogen-bond donors (Lipinski definition) is 1. The Balaban J connectivity index is 2.69. The molecule has 0 atom stereocenters. The lowest BCUT2D eigenvalue weighted by Crippen LogP contribution is -2.10. The number of carboxylic acid groups (broad SMARTS) is 1. The predicted molar refractivity (Wildman–Crippen MR) is 52.6 cm³/mol. The maximum absolute atomic E-state index is 13.8. The number of methoxy groups -OCH3 is 1. The minimum atomic E-state index is -1.42. The SMILES string of the molecule is COc1ccc(-n2cnnn2)c(C(=O)O)c1F. The second-order valence-electron chi connectivity index (χ2n) is 3.04. The summed E-state index contributed by atoms with van der Waals surface area (Å²) in [6.45, 7) is 0. The van der Waals surface area contributed by atoms with Gasteiger partial charge in [0.15, 0.2) is 11.6 Å². The van der Waals surface area contributed by atoms with Gasteiger partial charge in [-0.25, -0.2) is 9.18 Å². The lowest BCUT2D eigenvalue weighted by Gasteiger charge is -2.08. The largest absolute Gasteiger partial charge is 0.494 e. The van der Waals surface area contributed by atoms with Crippen LogP contribution in [-0.4, -0.2) is 38.4 Å². The van der Waals surface area contributed by atoms with Gasteiger partial charge in [0.05, 0.1) is 12.8 Å². The number of carboxylic acids is 1. The maximum Gasteiger partial charge on any atom is 0.341 e. The fourth-order valence-corrected chi connectivity index (χ4v) is 1.37. The van der Waals surface area contributed by atoms with Crippen molar-refractivity contribution in [1.82, 2.24) is 20.2 Å². The number of hydrogen-bond acceptors (Lipinski definition) is 5. The van der Waals surface area contributed by atoms with Crippen LogP contribution in [0.2, 0.25) is 0 Å². The van der Waals surface area contributed by atoms with E-state index in [1.54, 1.807) is 0 Å². The third-order valence-electron chi connectivity index (χ3n) is 2.11. The molecular weight excluding hydrogens is 231 g/mol. The Morgan fingerprint density at radius 3 is 2.82 bits per heavy atom. The number of rotatable bonds is 3.